The second kappa shape index (κ2) is 8.47. The maximum absolute atomic E-state index is 11.8. The first kappa shape index (κ1) is 24.6. The van der Waals surface area contributed by atoms with Gasteiger partial charge in [-0.05, 0) is 91.8 Å². The van der Waals surface area contributed by atoms with Crippen LogP contribution in [0.25, 0.3) is 0 Å². The van der Waals surface area contributed by atoms with Gasteiger partial charge in [-0.3, -0.25) is 4.18 Å². The molecule has 1 heterocycles. The lowest BCUT2D eigenvalue weighted by atomic mass is 9.44. The first-order chi connectivity index (χ1) is 15.4. The molecule has 0 radical (unpaired) electrons. The van der Waals surface area contributed by atoms with Crippen LogP contribution in [0.15, 0.2) is 0 Å². The normalized spacial score (nSPS) is 49.7. The number of hydrogen-bond acceptors (Lipinski definition) is 4. The summed E-state index contributed by atoms with van der Waals surface area (Å²) in [7, 11) is -3.44. The molecule has 5 fully saturated rings. The van der Waals surface area contributed by atoms with Crippen LogP contribution < -0.4 is 0 Å². The second-order valence-electron chi connectivity index (χ2n) is 13.6. The van der Waals surface area contributed by atoms with Crippen LogP contribution in [0.4, 0.5) is 0 Å². The maximum Gasteiger partial charge on any atom is 0.264 e. The van der Waals surface area contributed by atoms with Gasteiger partial charge in [0.25, 0.3) is 10.1 Å². The van der Waals surface area contributed by atoms with E-state index in [2.05, 4.69) is 34.6 Å². The molecule has 0 spiro atoms. The van der Waals surface area contributed by atoms with E-state index in [1.807, 2.05) is 0 Å². The molecule has 1 aliphatic heterocycles. The minimum atomic E-state index is -3.44. The third-order valence-corrected chi connectivity index (χ3v) is 12.1. The SMILES string of the molecule is CC(C)CCC[C@@H](C)[C@@H]1CC[C@@H]2[C@@H]3CC[C@H]4C[C@H](OS(C)(=O)=O)[C@@H]5O[C@@H]5[C@]4(C)[C@H]3CC[C@@]21C. The van der Waals surface area contributed by atoms with Crippen LogP contribution in [0.5, 0.6) is 0 Å². The third-order valence-electron chi connectivity index (χ3n) is 11.5. The van der Waals surface area contributed by atoms with E-state index in [1.165, 1.54) is 64.0 Å². The Kier molecular flexibility index (Phi) is 6.31. The number of epoxide rings is 1. The van der Waals surface area contributed by atoms with Gasteiger partial charge in [-0.1, -0.05) is 53.9 Å². The second-order valence-corrected chi connectivity index (χ2v) is 15.2. The fourth-order valence-electron chi connectivity index (χ4n) is 9.95. The van der Waals surface area contributed by atoms with E-state index < -0.39 is 10.1 Å². The van der Waals surface area contributed by atoms with E-state index in [0.717, 1.165) is 41.9 Å². The Balaban J connectivity index is 1.30. The summed E-state index contributed by atoms with van der Waals surface area (Å²) in [6.45, 7) is 12.4. The van der Waals surface area contributed by atoms with Crippen LogP contribution in [0, 0.1) is 52.3 Å². The molecule has 0 N–H and O–H groups in total. The van der Waals surface area contributed by atoms with Crippen molar-refractivity contribution in [2.75, 3.05) is 6.26 Å². The van der Waals surface area contributed by atoms with Crippen molar-refractivity contribution in [3.05, 3.63) is 0 Å². The monoisotopic (exact) mass is 480 g/mol. The molecule has 5 aliphatic rings. The Labute approximate surface area is 203 Å². The van der Waals surface area contributed by atoms with Crippen molar-refractivity contribution in [3.8, 4) is 0 Å². The minimum absolute atomic E-state index is 0.00894. The van der Waals surface area contributed by atoms with Crippen molar-refractivity contribution in [2.45, 2.75) is 117 Å². The van der Waals surface area contributed by atoms with Gasteiger partial charge in [-0.25, -0.2) is 0 Å². The molecular weight excluding hydrogens is 432 g/mol. The Morgan fingerprint density at radius 3 is 2.45 bits per heavy atom. The predicted octanol–water partition coefficient (Wildman–Crippen LogP) is 6.44. The zero-order chi connectivity index (χ0) is 23.8. The molecule has 4 aliphatic carbocycles. The Morgan fingerprint density at radius 2 is 1.76 bits per heavy atom. The highest BCUT2D eigenvalue weighted by molar-refractivity contribution is 7.86. The molecule has 4 saturated carbocycles. The molecule has 190 valence electrons. The van der Waals surface area contributed by atoms with Crippen LogP contribution >= 0.6 is 0 Å². The molecule has 0 aromatic carbocycles. The molecule has 4 nitrogen and oxygen atoms in total. The fraction of sp³-hybridized carbons (Fsp3) is 1.00. The van der Waals surface area contributed by atoms with Gasteiger partial charge >= 0.3 is 0 Å². The maximum atomic E-state index is 11.8. The summed E-state index contributed by atoms with van der Waals surface area (Å²) in [5.74, 6) is 5.53. The minimum Gasteiger partial charge on any atom is -0.366 e. The lowest BCUT2D eigenvalue weighted by molar-refractivity contribution is -0.121. The summed E-state index contributed by atoms with van der Waals surface area (Å²) in [5.41, 5.74) is 0.718. The van der Waals surface area contributed by atoms with Gasteiger partial charge in [0.2, 0.25) is 0 Å². The van der Waals surface area contributed by atoms with Crippen molar-refractivity contribution < 1.29 is 17.3 Å². The molecule has 5 heteroatoms. The van der Waals surface area contributed by atoms with Gasteiger partial charge in [0.05, 0.1) is 12.4 Å². The number of rotatable bonds is 7. The van der Waals surface area contributed by atoms with Crippen LogP contribution in [0.2, 0.25) is 0 Å². The van der Waals surface area contributed by atoms with E-state index in [4.69, 9.17) is 8.92 Å². The molecule has 5 rings (SSSR count). The first-order valence-corrected chi connectivity index (χ1v) is 15.8. The predicted molar refractivity (Wildman–Crippen MR) is 132 cm³/mol. The van der Waals surface area contributed by atoms with Gasteiger partial charge in [-0.2, -0.15) is 8.42 Å². The average Bonchev–Trinajstić information content (AvgIpc) is 3.44. The molecule has 0 unspecified atom stereocenters. The van der Waals surface area contributed by atoms with E-state index in [0.29, 0.717) is 11.3 Å². The van der Waals surface area contributed by atoms with Crippen molar-refractivity contribution in [1.29, 1.82) is 0 Å². The van der Waals surface area contributed by atoms with E-state index in [-0.39, 0.29) is 23.7 Å². The standard InChI is InChI=1S/C28H48O4S/c1-17(2)8-7-9-18(3)21-12-13-22-20-11-10-19-16-24(32-33(6,29)30)25-26(31-25)28(19,5)23(20)14-15-27(21,22)4/h17-26H,7-16H2,1-6H3/t18-,19+,20+,21+,22-,23+,24+,25+,26+,27-,28+/m1/s1. The number of fused-ring (bicyclic) bond motifs is 7. The lowest BCUT2D eigenvalue weighted by Gasteiger charge is -2.60. The van der Waals surface area contributed by atoms with Crippen molar-refractivity contribution in [3.63, 3.8) is 0 Å². The molecule has 0 bridgehead atoms. The van der Waals surface area contributed by atoms with Gasteiger partial charge in [0.15, 0.2) is 0 Å². The largest absolute Gasteiger partial charge is 0.366 e. The average molecular weight is 481 g/mol. The number of ether oxygens (including phenoxy) is 1. The molecule has 11 atom stereocenters. The van der Waals surface area contributed by atoms with Crippen LogP contribution in [0.1, 0.15) is 98.8 Å². The molecular formula is C28H48O4S. The molecule has 1 saturated heterocycles. The highest BCUT2D eigenvalue weighted by atomic mass is 32.2. The highest BCUT2D eigenvalue weighted by Crippen LogP contribution is 2.70. The van der Waals surface area contributed by atoms with E-state index in [9.17, 15) is 8.42 Å². The van der Waals surface area contributed by atoms with Crippen LogP contribution in [0.3, 0.4) is 0 Å². The van der Waals surface area contributed by atoms with Gasteiger partial charge < -0.3 is 4.74 Å². The molecule has 0 aromatic rings. The smallest absolute Gasteiger partial charge is 0.264 e. The number of hydrogen-bond donors (Lipinski definition) is 0. The summed E-state index contributed by atoms with van der Waals surface area (Å²) >= 11 is 0. The highest BCUT2D eigenvalue weighted by Gasteiger charge is 2.70. The Bertz CT molecular complexity index is 839. The topological polar surface area (TPSA) is 55.9 Å². The fourth-order valence-corrected chi connectivity index (χ4v) is 10.6. The quantitative estimate of drug-likeness (QED) is 0.311. The van der Waals surface area contributed by atoms with E-state index in [1.54, 1.807) is 0 Å². The summed E-state index contributed by atoms with van der Waals surface area (Å²) in [6, 6.07) is 0. The van der Waals surface area contributed by atoms with Crippen molar-refractivity contribution >= 4 is 10.1 Å². The summed E-state index contributed by atoms with van der Waals surface area (Å²) < 4.78 is 35.3. The Morgan fingerprint density at radius 1 is 1.00 bits per heavy atom. The van der Waals surface area contributed by atoms with Gasteiger partial charge in [0, 0.05) is 5.41 Å². The van der Waals surface area contributed by atoms with Gasteiger partial charge in [-0.15, -0.1) is 0 Å². The molecule has 0 aromatic heterocycles. The van der Waals surface area contributed by atoms with Crippen LogP contribution in [-0.4, -0.2) is 33.0 Å². The molecule has 33 heavy (non-hydrogen) atoms. The van der Waals surface area contributed by atoms with Crippen molar-refractivity contribution in [2.24, 2.45) is 52.3 Å². The van der Waals surface area contributed by atoms with Crippen molar-refractivity contribution in [1.82, 2.24) is 0 Å². The van der Waals surface area contributed by atoms with E-state index >= 15 is 0 Å². The van der Waals surface area contributed by atoms with Gasteiger partial charge in [0.1, 0.15) is 12.2 Å². The first-order valence-electron chi connectivity index (χ1n) is 14.0. The summed E-state index contributed by atoms with van der Waals surface area (Å²) in [5, 5.41) is 0. The zero-order valence-corrected chi connectivity index (χ0v) is 22.7. The lowest BCUT2D eigenvalue weighted by Crippen LogP contribution is -2.57. The zero-order valence-electron chi connectivity index (χ0n) is 21.9. The van der Waals surface area contributed by atoms with Crippen LogP contribution in [-0.2, 0) is 19.0 Å². The summed E-state index contributed by atoms with van der Waals surface area (Å²) in [4.78, 5) is 0. The Hall–Kier alpha value is -0.130. The molecule has 0 amide bonds. The third kappa shape index (κ3) is 4.14. The summed E-state index contributed by atoms with van der Waals surface area (Å²) in [6.07, 6.45) is 14.2.